The van der Waals surface area contributed by atoms with Crippen molar-refractivity contribution in [2.24, 2.45) is 0 Å². The molecule has 0 spiro atoms. The number of piperazine rings is 1. The summed E-state index contributed by atoms with van der Waals surface area (Å²) in [5, 5.41) is 3.45. The number of benzene rings is 2. The van der Waals surface area contributed by atoms with Gasteiger partial charge in [0.1, 0.15) is 0 Å². The van der Waals surface area contributed by atoms with Crippen LogP contribution in [-0.4, -0.2) is 37.6 Å². The van der Waals surface area contributed by atoms with Gasteiger partial charge in [0.25, 0.3) is 0 Å². The van der Waals surface area contributed by atoms with Gasteiger partial charge < -0.3 is 10.2 Å². The minimum atomic E-state index is 0.500. The lowest BCUT2D eigenvalue weighted by Crippen LogP contribution is -2.43. The summed E-state index contributed by atoms with van der Waals surface area (Å²) in [6.45, 7) is 6.73. The van der Waals surface area contributed by atoms with Gasteiger partial charge in [0.15, 0.2) is 0 Å². The number of nitrogens with one attached hydrogen (secondary N) is 1. The van der Waals surface area contributed by atoms with Crippen LogP contribution in [-0.2, 0) is 6.54 Å². The first-order valence-corrected chi connectivity index (χ1v) is 10.1. The Balaban J connectivity index is 1.58. The highest BCUT2D eigenvalue weighted by Crippen LogP contribution is 2.38. The largest absolute Gasteiger partial charge is 0.364 e. The van der Waals surface area contributed by atoms with E-state index in [0.717, 1.165) is 43.7 Å². The van der Waals surface area contributed by atoms with Gasteiger partial charge >= 0.3 is 0 Å². The van der Waals surface area contributed by atoms with Crippen LogP contribution in [0.2, 0.25) is 0 Å². The fourth-order valence-electron chi connectivity index (χ4n) is 4.15. The number of anilines is 1. The van der Waals surface area contributed by atoms with Crippen molar-refractivity contribution in [1.29, 1.82) is 0 Å². The molecule has 0 amide bonds. The topological polar surface area (TPSA) is 18.5 Å². The van der Waals surface area contributed by atoms with Crippen molar-refractivity contribution >= 4 is 21.6 Å². The van der Waals surface area contributed by atoms with Crippen LogP contribution < -0.4 is 10.2 Å². The van der Waals surface area contributed by atoms with Crippen molar-refractivity contribution in [3.8, 4) is 0 Å². The zero-order valence-corrected chi connectivity index (χ0v) is 16.2. The van der Waals surface area contributed by atoms with E-state index in [2.05, 4.69) is 79.6 Å². The maximum Gasteiger partial charge on any atom is 0.0546 e. The molecule has 0 saturated carbocycles. The molecular weight excluding hydrogens is 374 g/mol. The molecule has 3 nitrogen and oxygen atoms in total. The second kappa shape index (κ2) is 7.90. The summed E-state index contributed by atoms with van der Waals surface area (Å²) in [5.74, 6) is 0. The van der Waals surface area contributed by atoms with Crippen molar-refractivity contribution in [3.05, 3.63) is 64.1 Å². The summed E-state index contributed by atoms with van der Waals surface area (Å²) in [5.41, 5.74) is 4.35. The van der Waals surface area contributed by atoms with Crippen LogP contribution in [0.15, 0.2) is 53.0 Å². The highest BCUT2D eigenvalue weighted by Gasteiger charge is 2.28. The van der Waals surface area contributed by atoms with E-state index in [1.54, 1.807) is 0 Å². The molecule has 2 aromatic carbocycles. The smallest absolute Gasteiger partial charge is 0.0546 e. The van der Waals surface area contributed by atoms with E-state index in [9.17, 15) is 0 Å². The molecular formula is C21H26BrN3. The predicted molar refractivity (Wildman–Crippen MR) is 108 cm³/mol. The predicted octanol–water partition coefficient (Wildman–Crippen LogP) is 4.20. The quantitative estimate of drug-likeness (QED) is 0.830. The van der Waals surface area contributed by atoms with Crippen LogP contribution >= 0.6 is 15.9 Å². The number of halogens is 1. The monoisotopic (exact) mass is 399 g/mol. The summed E-state index contributed by atoms with van der Waals surface area (Å²) >= 11 is 3.55. The van der Waals surface area contributed by atoms with Crippen molar-refractivity contribution < 1.29 is 0 Å². The molecule has 132 valence electrons. The third-order valence-corrected chi connectivity index (χ3v) is 5.96. The van der Waals surface area contributed by atoms with Crippen LogP contribution in [0.1, 0.15) is 30.0 Å². The van der Waals surface area contributed by atoms with Crippen molar-refractivity contribution in [1.82, 2.24) is 10.2 Å². The summed E-state index contributed by atoms with van der Waals surface area (Å²) in [7, 11) is 0. The van der Waals surface area contributed by atoms with Crippen molar-refractivity contribution in [2.75, 3.05) is 37.6 Å². The molecule has 0 bridgehead atoms. The van der Waals surface area contributed by atoms with Gasteiger partial charge in [0.05, 0.1) is 6.04 Å². The van der Waals surface area contributed by atoms with E-state index in [-0.39, 0.29) is 0 Å². The molecule has 1 atom stereocenters. The molecule has 4 heteroatoms. The van der Waals surface area contributed by atoms with Crippen LogP contribution in [0.3, 0.4) is 0 Å². The third kappa shape index (κ3) is 3.91. The van der Waals surface area contributed by atoms with E-state index in [0.29, 0.717) is 6.04 Å². The summed E-state index contributed by atoms with van der Waals surface area (Å²) in [4.78, 5) is 5.16. The summed E-state index contributed by atoms with van der Waals surface area (Å²) in [6.07, 6.45) is 2.51. The standard InChI is InChI=1S/C21H26BrN3/c22-18-7-9-19(10-8-18)25-13-3-6-21(25)20-5-2-1-4-17(20)16-24-14-11-23-12-15-24/h1-2,4-5,7-10,21,23H,3,6,11-16H2/t21-/m1/s1. The Hall–Kier alpha value is -1.36. The van der Waals surface area contributed by atoms with E-state index in [1.807, 2.05) is 0 Å². The van der Waals surface area contributed by atoms with Gasteiger partial charge in [-0.05, 0) is 48.2 Å². The number of rotatable bonds is 4. The lowest BCUT2D eigenvalue weighted by Gasteiger charge is -2.31. The minimum absolute atomic E-state index is 0.500. The zero-order chi connectivity index (χ0) is 17.1. The van der Waals surface area contributed by atoms with Gasteiger partial charge in [0.2, 0.25) is 0 Å². The fourth-order valence-corrected chi connectivity index (χ4v) is 4.41. The molecule has 0 radical (unpaired) electrons. The fraction of sp³-hybridized carbons (Fsp3) is 0.429. The second-order valence-corrected chi connectivity index (χ2v) is 7.97. The van der Waals surface area contributed by atoms with E-state index in [1.165, 1.54) is 29.7 Å². The zero-order valence-electron chi connectivity index (χ0n) is 14.6. The Morgan fingerprint density at radius 3 is 2.52 bits per heavy atom. The Bertz CT molecular complexity index is 695. The third-order valence-electron chi connectivity index (χ3n) is 5.43. The normalized spacial score (nSPS) is 21.6. The highest BCUT2D eigenvalue weighted by atomic mass is 79.9. The van der Waals surface area contributed by atoms with Crippen molar-refractivity contribution in [3.63, 3.8) is 0 Å². The van der Waals surface area contributed by atoms with Gasteiger partial charge in [0, 0.05) is 49.4 Å². The van der Waals surface area contributed by atoms with E-state index < -0.39 is 0 Å². The Morgan fingerprint density at radius 1 is 0.960 bits per heavy atom. The molecule has 0 aliphatic carbocycles. The second-order valence-electron chi connectivity index (χ2n) is 7.05. The van der Waals surface area contributed by atoms with Gasteiger partial charge in [-0.3, -0.25) is 4.90 Å². The number of nitrogens with zero attached hydrogens (tertiary/aromatic N) is 2. The maximum absolute atomic E-state index is 3.55. The first-order chi connectivity index (χ1) is 12.3. The molecule has 25 heavy (non-hydrogen) atoms. The average Bonchev–Trinajstić information content (AvgIpc) is 3.13. The molecule has 2 aliphatic heterocycles. The van der Waals surface area contributed by atoms with Gasteiger partial charge in [-0.25, -0.2) is 0 Å². The first-order valence-electron chi connectivity index (χ1n) is 9.34. The Morgan fingerprint density at radius 2 is 1.72 bits per heavy atom. The molecule has 4 rings (SSSR count). The van der Waals surface area contributed by atoms with Crippen molar-refractivity contribution in [2.45, 2.75) is 25.4 Å². The highest BCUT2D eigenvalue weighted by molar-refractivity contribution is 9.10. The summed E-state index contributed by atoms with van der Waals surface area (Å²) < 4.78 is 1.14. The van der Waals surface area contributed by atoms with Crippen LogP contribution in [0.5, 0.6) is 0 Å². The minimum Gasteiger partial charge on any atom is -0.364 e. The number of hydrogen-bond acceptors (Lipinski definition) is 3. The molecule has 2 heterocycles. The first kappa shape index (κ1) is 17.1. The molecule has 1 N–H and O–H groups in total. The number of hydrogen-bond donors (Lipinski definition) is 1. The molecule has 2 fully saturated rings. The Kier molecular flexibility index (Phi) is 5.39. The van der Waals surface area contributed by atoms with E-state index in [4.69, 9.17) is 0 Å². The van der Waals surface area contributed by atoms with Gasteiger partial charge in [-0.15, -0.1) is 0 Å². The molecule has 2 aromatic rings. The lowest BCUT2D eigenvalue weighted by molar-refractivity contribution is 0.232. The summed E-state index contributed by atoms with van der Waals surface area (Å²) in [6, 6.07) is 18.3. The average molecular weight is 400 g/mol. The van der Waals surface area contributed by atoms with Crippen LogP contribution in [0.25, 0.3) is 0 Å². The molecule has 2 saturated heterocycles. The van der Waals surface area contributed by atoms with Crippen LogP contribution in [0, 0.1) is 0 Å². The maximum atomic E-state index is 3.55. The Labute approximate surface area is 159 Å². The molecule has 2 aliphatic rings. The molecule has 0 aromatic heterocycles. The van der Waals surface area contributed by atoms with Gasteiger partial charge in [-0.2, -0.15) is 0 Å². The lowest BCUT2D eigenvalue weighted by atomic mass is 9.97. The van der Waals surface area contributed by atoms with Gasteiger partial charge in [-0.1, -0.05) is 40.2 Å². The molecule has 0 unspecified atom stereocenters. The van der Waals surface area contributed by atoms with E-state index >= 15 is 0 Å². The van der Waals surface area contributed by atoms with Crippen LogP contribution in [0.4, 0.5) is 5.69 Å². The SMILES string of the molecule is Brc1ccc(N2CCC[C@@H]2c2ccccc2CN2CCNCC2)cc1.